The number of nitrogens with zero attached hydrogens (tertiary/aromatic N) is 1. The first-order chi connectivity index (χ1) is 9.36. The fourth-order valence-corrected chi connectivity index (χ4v) is 1.36. The van der Waals surface area contributed by atoms with Crippen LogP contribution in [-0.2, 0) is 9.59 Å². The van der Waals surface area contributed by atoms with Crippen molar-refractivity contribution in [1.82, 2.24) is 10.3 Å². The third-order valence-electron chi connectivity index (χ3n) is 2.51. The number of aromatic nitrogens is 1. The van der Waals surface area contributed by atoms with Crippen LogP contribution in [0.25, 0.3) is 0 Å². The van der Waals surface area contributed by atoms with Gasteiger partial charge < -0.3 is 14.8 Å². The number of nitrogens with one attached hydrogen (secondary N) is 1. The highest BCUT2D eigenvalue weighted by molar-refractivity contribution is 5.99. The Balaban J connectivity index is 3.13. The van der Waals surface area contributed by atoms with Crippen molar-refractivity contribution in [2.75, 3.05) is 7.11 Å². The normalized spacial score (nSPS) is 11.4. The highest BCUT2D eigenvalue weighted by Crippen LogP contribution is 2.29. The summed E-state index contributed by atoms with van der Waals surface area (Å²) in [5.41, 5.74) is -0.118. The minimum Gasteiger partial charge on any atom is -0.493 e. The molecule has 0 bridgehead atoms. The fraction of sp³-hybridized carbons (Fsp3) is 0.385. The molecule has 0 spiro atoms. The molecule has 0 unspecified atom stereocenters. The van der Waals surface area contributed by atoms with E-state index in [0.717, 1.165) is 0 Å². The Morgan fingerprint density at radius 3 is 2.45 bits per heavy atom. The quantitative estimate of drug-likeness (QED) is 0.799. The van der Waals surface area contributed by atoms with Gasteiger partial charge in [-0.05, 0) is 13.8 Å². The van der Waals surface area contributed by atoms with Crippen molar-refractivity contribution in [1.29, 1.82) is 0 Å². The minimum atomic E-state index is -0.666. The third-order valence-corrected chi connectivity index (χ3v) is 2.51. The van der Waals surface area contributed by atoms with Gasteiger partial charge >= 0.3 is 5.97 Å². The highest BCUT2D eigenvalue weighted by atomic mass is 16.6. The van der Waals surface area contributed by atoms with Gasteiger partial charge in [0.2, 0.25) is 5.75 Å². The van der Waals surface area contributed by atoms with Crippen LogP contribution in [-0.4, -0.2) is 35.8 Å². The summed E-state index contributed by atoms with van der Waals surface area (Å²) in [7, 11) is 1.38. The number of amides is 1. The van der Waals surface area contributed by atoms with E-state index in [-0.39, 0.29) is 23.0 Å². The van der Waals surface area contributed by atoms with E-state index in [1.54, 1.807) is 6.92 Å². The molecule has 1 heterocycles. The van der Waals surface area contributed by atoms with E-state index < -0.39 is 17.9 Å². The van der Waals surface area contributed by atoms with Crippen LogP contribution in [0.3, 0.4) is 0 Å². The molecule has 0 saturated heterocycles. The standard InChI is InChI=1S/C13H16N2O5/c1-7(8(2)16)15-13(18)11-12(20-9(3)17)10(19-4)5-6-14-11/h5-7H,1-4H3,(H,15,18)/t7-/m0/s1. The average Bonchev–Trinajstić information content (AvgIpc) is 2.37. The van der Waals surface area contributed by atoms with Crippen molar-refractivity contribution < 1.29 is 23.9 Å². The second kappa shape index (κ2) is 6.65. The minimum absolute atomic E-state index is 0.0734. The molecule has 1 aromatic rings. The number of hydrogen-bond acceptors (Lipinski definition) is 6. The van der Waals surface area contributed by atoms with Gasteiger partial charge in [-0.15, -0.1) is 0 Å². The molecule has 1 N–H and O–H groups in total. The summed E-state index contributed by atoms with van der Waals surface area (Å²) in [6.07, 6.45) is 1.35. The van der Waals surface area contributed by atoms with Gasteiger partial charge in [0.15, 0.2) is 17.2 Å². The van der Waals surface area contributed by atoms with Crippen LogP contribution in [0.15, 0.2) is 12.3 Å². The van der Waals surface area contributed by atoms with Crippen LogP contribution in [0.2, 0.25) is 0 Å². The molecule has 0 radical (unpaired) electrons. The monoisotopic (exact) mass is 280 g/mol. The third kappa shape index (κ3) is 3.78. The number of methoxy groups -OCH3 is 1. The maximum Gasteiger partial charge on any atom is 0.308 e. The molecule has 1 atom stereocenters. The van der Waals surface area contributed by atoms with Gasteiger partial charge in [0.05, 0.1) is 13.2 Å². The second-order valence-corrected chi connectivity index (χ2v) is 4.09. The smallest absolute Gasteiger partial charge is 0.308 e. The van der Waals surface area contributed by atoms with Gasteiger partial charge in [-0.25, -0.2) is 4.98 Å². The van der Waals surface area contributed by atoms with Gasteiger partial charge in [0.1, 0.15) is 0 Å². The Morgan fingerprint density at radius 2 is 1.95 bits per heavy atom. The highest BCUT2D eigenvalue weighted by Gasteiger charge is 2.22. The predicted molar refractivity (Wildman–Crippen MR) is 69.7 cm³/mol. The molecule has 0 aromatic carbocycles. The zero-order valence-corrected chi connectivity index (χ0v) is 11.7. The molecule has 7 heteroatoms. The van der Waals surface area contributed by atoms with Crippen molar-refractivity contribution in [3.05, 3.63) is 18.0 Å². The first kappa shape index (κ1) is 15.6. The SMILES string of the molecule is COc1ccnc(C(=O)N[C@@H](C)C(C)=O)c1OC(C)=O. The zero-order valence-electron chi connectivity index (χ0n) is 11.7. The molecule has 0 aliphatic heterocycles. The molecule has 1 rings (SSSR count). The maximum atomic E-state index is 12.1. The van der Waals surface area contributed by atoms with Gasteiger partial charge in [0.25, 0.3) is 5.91 Å². The molecule has 0 saturated carbocycles. The Hall–Kier alpha value is -2.44. The molecule has 1 aromatic heterocycles. The number of carbonyl (C=O) groups is 3. The lowest BCUT2D eigenvalue weighted by atomic mass is 10.2. The Bertz CT molecular complexity index is 542. The van der Waals surface area contributed by atoms with Crippen molar-refractivity contribution in [3.8, 4) is 11.5 Å². The van der Waals surface area contributed by atoms with Gasteiger partial charge in [-0.1, -0.05) is 0 Å². The summed E-state index contributed by atoms with van der Waals surface area (Å²) in [4.78, 5) is 38.2. The van der Waals surface area contributed by atoms with Gasteiger partial charge in [-0.2, -0.15) is 0 Å². The summed E-state index contributed by atoms with van der Waals surface area (Å²) < 4.78 is 9.98. The van der Waals surface area contributed by atoms with Crippen LogP contribution >= 0.6 is 0 Å². The first-order valence-corrected chi connectivity index (χ1v) is 5.89. The number of hydrogen-bond donors (Lipinski definition) is 1. The number of Topliss-reactive ketones (excluding diaryl/α,β-unsaturated/α-hetero) is 1. The fourth-order valence-electron chi connectivity index (χ4n) is 1.36. The number of carbonyl (C=O) groups excluding carboxylic acids is 3. The van der Waals surface area contributed by atoms with Gasteiger partial charge in [-0.3, -0.25) is 14.4 Å². The van der Waals surface area contributed by atoms with Crippen LogP contribution in [0.4, 0.5) is 0 Å². The largest absolute Gasteiger partial charge is 0.493 e. The predicted octanol–water partition coefficient (Wildman–Crippen LogP) is 0.723. The average molecular weight is 280 g/mol. The lowest BCUT2D eigenvalue weighted by molar-refractivity contribution is -0.132. The number of esters is 1. The summed E-state index contributed by atoms with van der Waals surface area (Å²) in [6, 6.07) is 0.796. The topological polar surface area (TPSA) is 94.6 Å². The summed E-state index contributed by atoms with van der Waals surface area (Å²) >= 11 is 0. The number of pyridine rings is 1. The zero-order chi connectivity index (χ0) is 15.3. The molecular formula is C13H16N2O5. The summed E-state index contributed by atoms with van der Waals surface area (Å²) in [5.74, 6) is -1.30. The lowest BCUT2D eigenvalue weighted by Crippen LogP contribution is -2.38. The number of ketones is 1. The molecule has 108 valence electrons. The van der Waals surface area contributed by atoms with Crippen LogP contribution in [0.1, 0.15) is 31.3 Å². The molecular weight excluding hydrogens is 264 g/mol. The van der Waals surface area contributed by atoms with E-state index in [9.17, 15) is 14.4 Å². The van der Waals surface area contributed by atoms with E-state index in [1.807, 2.05) is 0 Å². The molecule has 1 amide bonds. The van der Waals surface area contributed by atoms with Crippen LogP contribution < -0.4 is 14.8 Å². The Kier molecular flexibility index (Phi) is 5.19. The Morgan fingerprint density at radius 1 is 1.30 bits per heavy atom. The van der Waals surface area contributed by atoms with E-state index >= 15 is 0 Å². The Labute approximate surface area is 116 Å². The van der Waals surface area contributed by atoms with E-state index in [4.69, 9.17) is 9.47 Å². The molecule has 0 aliphatic carbocycles. The molecule has 20 heavy (non-hydrogen) atoms. The molecule has 7 nitrogen and oxygen atoms in total. The second-order valence-electron chi connectivity index (χ2n) is 4.09. The van der Waals surface area contributed by atoms with E-state index in [1.165, 1.54) is 33.2 Å². The van der Waals surface area contributed by atoms with Crippen molar-refractivity contribution in [2.24, 2.45) is 0 Å². The number of rotatable bonds is 5. The first-order valence-electron chi connectivity index (χ1n) is 5.89. The van der Waals surface area contributed by atoms with Gasteiger partial charge in [0, 0.05) is 19.2 Å². The summed E-state index contributed by atoms with van der Waals surface area (Å²) in [6.45, 7) is 4.11. The van der Waals surface area contributed by atoms with E-state index in [0.29, 0.717) is 0 Å². The van der Waals surface area contributed by atoms with Crippen molar-refractivity contribution >= 4 is 17.7 Å². The molecule has 0 aliphatic rings. The van der Waals surface area contributed by atoms with Crippen LogP contribution in [0, 0.1) is 0 Å². The van der Waals surface area contributed by atoms with E-state index in [2.05, 4.69) is 10.3 Å². The van der Waals surface area contributed by atoms with Crippen molar-refractivity contribution in [3.63, 3.8) is 0 Å². The lowest BCUT2D eigenvalue weighted by Gasteiger charge is -2.14. The maximum absolute atomic E-state index is 12.1. The molecule has 0 fully saturated rings. The van der Waals surface area contributed by atoms with Crippen molar-refractivity contribution in [2.45, 2.75) is 26.8 Å². The summed E-state index contributed by atoms with van der Waals surface area (Å²) in [5, 5.41) is 2.46. The number of ether oxygens (including phenoxy) is 2. The van der Waals surface area contributed by atoms with Crippen LogP contribution in [0.5, 0.6) is 11.5 Å².